The lowest BCUT2D eigenvalue weighted by atomic mass is 9.86. The highest BCUT2D eigenvalue weighted by molar-refractivity contribution is 5.54. The first-order valence-electron chi connectivity index (χ1n) is 13.2. The molecular weight excluding hydrogens is 477 g/mol. The molecule has 0 heterocycles. The van der Waals surface area contributed by atoms with Crippen LogP contribution in [0, 0.1) is 17.8 Å². The maximum atomic E-state index is 14.9. The summed E-state index contributed by atoms with van der Waals surface area (Å²) in [7, 11) is 0. The summed E-state index contributed by atoms with van der Waals surface area (Å²) >= 11 is 0. The first kappa shape index (κ1) is 34.9. The molecule has 0 rings (SSSR count). The van der Waals surface area contributed by atoms with Crippen molar-refractivity contribution in [3.63, 3.8) is 0 Å². The fourth-order valence-corrected chi connectivity index (χ4v) is 3.33. The Morgan fingerprint density at radius 1 is 0.737 bits per heavy atom. The Morgan fingerprint density at radius 2 is 1.29 bits per heavy atom. The summed E-state index contributed by atoms with van der Waals surface area (Å²) in [5.74, 6) is -0.943. The van der Waals surface area contributed by atoms with Crippen molar-refractivity contribution in [3.8, 4) is 0 Å². The number of hydrogen-bond donors (Lipinski definition) is 0. The van der Waals surface area contributed by atoms with E-state index in [1.54, 1.807) is 6.08 Å². The first-order chi connectivity index (χ1) is 17.6. The van der Waals surface area contributed by atoms with Crippen LogP contribution >= 0.6 is 0 Å². The van der Waals surface area contributed by atoms with Gasteiger partial charge in [-0.15, -0.1) is 6.58 Å². The third-order valence-electron chi connectivity index (χ3n) is 6.74. The van der Waals surface area contributed by atoms with Crippen LogP contribution in [0.1, 0.15) is 66.7 Å². The molecule has 0 spiro atoms. The molecule has 0 radical (unpaired) electrons. The Balaban J connectivity index is 5.21. The number of allylic oxidation sites excluding steroid dienone is 15. The maximum Gasteiger partial charge on any atom is 0.166 e. The van der Waals surface area contributed by atoms with Gasteiger partial charge in [0.15, 0.2) is 11.7 Å². The highest BCUT2D eigenvalue weighted by Crippen LogP contribution is 2.29. The van der Waals surface area contributed by atoms with E-state index in [1.807, 2.05) is 6.92 Å². The van der Waals surface area contributed by atoms with Crippen LogP contribution in [0.4, 0.5) is 13.2 Å². The fourth-order valence-electron chi connectivity index (χ4n) is 3.33. The van der Waals surface area contributed by atoms with Gasteiger partial charge in [-0.05, 0) is 77.9 Å². The van der Waals surface area contributed by atoms with Crippen molar-refractivity contribution in [2.24, 2.45) is 17.8 Å². The Hall–Kier alpha value is -3.07. The van der Waals surface area contributed by atoms with Crippen LogP contribution in [-0.2, 0) is 0 Å². The Kier molecular flexibility index (Phi) is 16.0. The second-order valence-electron chi connectivity index (χ2n) is 10.5. The van der Waals surface area contributed by atoms with E-state index in [-0.39, 0.29) is 34.3 Å². The van der Waals surface area contributed by atoms with Gasteiger partial charge in [0.25, 0.3) is 0 Å². The molecule has 0 nitrogen and oxygen atoms in total. The van der Waals surface area contributed by atoms with Gasteiger partial charge in [-0.3, -0.25) is 0 Å². The SMILES string of the molecule is C=CCCC(=C)/C(F)=C(/F)C(=C)C(=C)/C=C\C(=C)C(=C)/C(F)=C\C(=C)/C(C)=C/CC(C)C(C)CCC(C)C. The number of hydrogen-bond acceptors (Lipinski definition) is 0. The molecule has 2 atom stereocenters. The van der Waals surface area contributed by atoms with Crippen LogP contribution < -0.4 is 0 Å². The van der Waals surface area contributed by atoms with Gasteiger partial charge in [-0.1, -0.05) is 104 Å². The first-order valence-corrected chi connectivity index (χ1v) is 13.2. The molecule has 0 aromatic carbocycles. The maximum absolute atomic E-state index is 14.9. The molecule has 208 valence electrons. The van der Waals surface area contributed by atoms with Gasteiger partial charge in [0.2, 0.25) is 0 Å². The third kappa shape index (κ3) is 12.4. The van der Waals surface area contributed by atoms with E-state index < -0.39 is 17.5 Å². The summed E-state index contributed by atoms with van der Waals surface area (Å²) in [6.07, 6.45) is 11.9. The van der Waals surface area contributed by atoms with Crippen molar-refractivity contribution < 1.29 is 13.2 Å². The van der Waals surface area contributed by atoms with Crippen molar-refractivity contribution in [2.75, 3.05) is 0 Å². The van der Waals surface area contributed by atoms with Gasteiger partial charge >= 0.3 is 0 Å². The summed E-state index contributed by atoms with van der Waals surface area (Å²) in [5.41, 5.74) is 1.69. The molecule has 0 saturated heterocycles. The molecule has 0 aliphatic heterocycles. The largest absolute Gasteiger partial charge is 0.206 e. The standard InChI is InChI=1S/C35H47F3/c1-13-14-15-29(9)34(37)35(38)32(12)28(8)21-20-27(7)31(11)33(36)22-30(10)26(6)19-18-25(5)24(4)17-16-23(2)3/h13,19-25H,1,7-12,14-18H2,2-6H3/b21-20-,26-19+,33-22+,35-34-. The minimum absolute atomic E-state index is 0.0185. The summed E-state index contributed by atoms with van der Waals surface area (Å²) in [6.45, 7) is 36.9. The zero-order valence-electron chi connectivity index (χ0n) is 24.2. The van der Waals surface area contributed by atoms with Crippen molar-refractivity contribution in [1.29, 1.82) is 0 Å². The van der Waals surface area contributed by atoms with Gasteiger partial charge in [-0.2, -0.15) is 0 Å². The quantitative estimate of drug-likeness (QED) is 0.124. The fraction of sp³-hybridized carbons (Fsp3) is 0.371. The molecule has 2 unspecified atom stereocenters. The average Bonchev–Trinajstić information content (AvgIpc) is 2.89. The predicted molar refractivity (Wildman–Crippen MR) is 163 cm³/mol. The van der Waals surface area contributed by atoms with Crippen LogP contribution in [0.25, 0.3) is 0 Å². The molecule has 0 aromatic heterocycles. The van der Waals surface area contributed by atoms with Gasteiger partial charge in [0.05, 0.1) is 0 Å². The summed E-state index contributed by atoms with van der Waals surface area (Å²) in [4.78, 5) is 0. The van der Waals surface area contributed by atoms with E-state index in [0.717, 1.165) is 12.0 Å². The lowest BCUT2D eigenvalue weighted by molar-refractivity contribution is 0.339. The van der Waals surface area contributed by atoms with Crippen LogP contribution in [0.3, 0.4) is 0 Å². The van der Waals surface area contributed by atoms with Gasteiger partial charge < -0.3 is 0 Å². The Labute approximate surface area is 230 Å². The second-order valence-corrected chi connectivity index (χ2v) is 10.5. The van der Waals surface area contributed by atoms with Gasteiger partial charge in [0, 0.05) is 11.1 Å². The molecule has 0 aliphatic carbocycles. The van der Waals surface area contributed by atoms with E-state index in [0.29, 0.717) is 29.7 Å². The molecule has 38 heavy (non-hydrogen) atoms. The lowest BCUT2D eigenvalue weighted by Crippen LogP contribution is -2.08. The Bertz CT molecular complexity index is 1050. The monoisotopic (exact) mass is 524 g/mol. The van der Waals surface area contributed by atoms with E-state index in [9.17, 15) is 13.2 Å². The van der Waals surface area contributed by atoms with E-state index in [1.165, 1.54) is 31.1 Å². The summed E-state index contributed by atoms with van der Waals surface area (Å²) < 4.78 is 43.6. The van der Waals surface area contributed by atoms with Crippen molar-refractivity contribution in [3.05, 3.63) is 133 Å². The van der Waals surface area contributed by atoms with Crippen LogP contribution in [0.2, 0.25) is 0 Å². The molecule has 0 fully saturated rings. The van der Waals surface area contributed by atoms with Crippen molar-refractivity contribution in [2.45, 2.75) is 66.7 Å². The smallest absolute Gasteiger partial charge is 0.166 e. The average molecular weight is 525 g/mol. The zero-order chi connectivity index (χ0) is 29.6. The Morgan fingerprint density at radius 3 is 1.82 bits per heavy atom. The molecule has 0 amide bonds. The molecule has 0 saturated carbocycles. The molecular formula is C35H47F3. The highest BCUT2D eigenvalue weighted by Gasteiger charge is 2.15. The minimum atomic E-state index is -1.13. The zero-order valence-corrected chi connectivity index (χ0v) is 24.2. The van der Waals surface area contributed by atoms with Crippen LogP contribution in [-0.4, -0.2) is 0 Å². The van der Waals surface area contributed by atoms with E-state index >= 15 is 0 Å². The normalized spacial score (nSPS) is 14.7. The summed E-state index contributed by atoms with van der Waals surface area (Å²) in [5, 5.41) is 0. The van der Waals surface area contributed by atoms with Gasteiger partial charge in [-0.25, -0.2) is 13.2 Å². The van der Waals surface area contributed by atoms with E-state index in [4.69, 9.17) is 0 Å². The second kappa shape index (κ2) is 17.4. The van der Waals surface area contributed by atoms with Gasteiger partial charge in [0.1, 0.15) is 5.83 Å². The van der Waals surface area contributed by atoms with E-state index in [2.05, 4.69) is 79.8 Å². The number of rotatable bonds is 18. The molecule has 0 N–H and O–H groups in total. The molecule has 0 aliphatic rings. The van der Waals surface area contributed by atoms with Crippen LogP contribution in [0.15, 0.2) is 133 Å². The van der Waals surface area contributed by atoms with Crippen molar-refractivity contribution >= 4 is 0 Å². The lowest BCUT2D eigenvalue weighted by Gasteiger charge is -2.19. The molecule has 0 bridgehead atoms. The van der Waals surface area contributed by atoms with Crippen molar-refractivity contribution in [1.82, 2.24) is 0 Å². The highest BCUT2D eigenvalue weighted by atomic mass is 19.2. The predicted octanol–water partition coefficient (Wildman–Crippen LogP) is 11.9. The molecule has 3 heteroatoms. The summed E-state index contributed by atoms with van der Waals surface area (Å²) in [6, 6.07) is 0. The topological polar surface area (TPSA) is 0 Å². The van der Waals surface area contributed by atoms with Crippen LogP contribution in [0.5, 0.6) is 0 Å². The molecule has 0 aromatic rings. The number of halogens is 3. The third-order valence-corrected chi connectivity index (χ3v) is 6.74. The minimum Gasteiger partial charge on any atom is -0.206 e.